The van der Waals surface area contributed by atoms with Gasteiger partial charge in [-0.25, -0.2) is 14.2 Å². The highest BCUT2D eigenvalue weighted by molar-refractivity contribution is 7.74. The van der Waals surface area contributed by atoms with E-state index in [4.69, 9.17) is 0 Å². The molecule has 5 rings (SSSR count). The number of ketones is 1. The number of para-hydroxylation sites is 2. The second kappa shape index (κ2) is 9.03. The molecule has 2 fully saturated rings. The van der Waals surface area contributed by atoms with E-state index in [2.05, 4.69) is 50.6 Å². The van der Waals surface area contributed by atoms with Crippen LogP contribution in [0.4, 0.5) is 11.4 Å². The van der Waals surface area contributed by atoms with E-state index in [1.54, 1.807) is 0 Å². The molecule has 1 unspecified atom stereocenters. The Morgan fingerprint density at radius 3 is 1.56 bits per heavy atom. The topological polar surface area (TPSA) is 47.0 Å². The minimum absolute atomic E-state index is 0.209. The lowest BCUT2D eigenvalue weighted by molar-refractivity contribution is -0.121. The Bertz CT molecular complexity index is 991. The molecule has 1 N–H and O–H groups in total. The SMILES string of the molecule is O=C1CCN(C(c2ccccc2)[P+]2(O)N(c3ccccc3)CCN2c2ccccc2)CC1. The molecule has 0 bridgehead atoms. The van der Waals surface area contributed by atoms with Crippen molar-refractivity contribution in [3.8, 4) is 0 Å². The first kappa shape index (κ1) is 21.1. The maximum absolute atomic E-state index is 12.9. The van der Waals surface area contributed by atoms with Gasteiger partial charge < -0.3 is 0 Å². The van der Waals surface area contributed by atoms with Gasteiger partial charge >= 0.3 is 7.79 Å². The molecule has 0 amide bonds. The van der Waals surface area contributed by atoms with Crippen molar-refractivity contribution in [3.63, 3.8) is 0 Å². The molecule has 0 aliphatic carbocycles. The number of benzene rings is 3. The van der Waals surface area contributed by atoms with Gasteiger partial charge in [0, 0.05) is 31.5 Å². The molecule has 0 radical (unpaired) electrons. The van der Waals surface area contributed by atoms with Crippen LogP contribution in [-0.2, 0) is 4.79 Å². The van der Waals surface area contributed by atoms with Crippen LogP contribution < -0.4 is 9.34 Å². The van der Waals surface area contributed by atoms with E-state index < -0.39 is 7.79 Å². The van der Waals surface area contributed by atoms with E-state index in [-0.39, 0.29) is 5.78 Å². The molecular weight excluding hydrogens is 417 g/mol. The number of piperidine rings is 1. The van der Waals surface area contributed by atoms with Gasteiger partial charge in [-0.3, -0.25) is 9.69 Å². The van der Waals surface area contributed by atoms with Gasteiger partial charge in [0.15, 0.2) is 0 Å². The van der Waals surface area contributed by atoms with Crippen LogP contribution in [0.2, 0.25) is 0 Å². The predicted octanol–water partition coefficient (Wildman–Crippen LogP) is 5.13. The van der Waals surface area contributed by atoms with Crippen LogP contribution in [0.25, 0.3) is 0 Å². The summed E-state index contributed by atoms with van der Waals surface area (Å²) in [6.07, 6.45) is 1.08. The standard InChI is InChI=1S/C26H29N3O2P/c30-25-16-18-27(19-17-25)26(22-10-4-1-5-11-22)32(31)28(23-12-6-2-7-13-23)20-21-29(32)24-14-8-3-9-15-24/h1-15,26,31H,16-21H2/q+1. The summed E-state index contributed by atoms with van der Waals surface area (Å²) in [4.78, 5) is 27.3. The van der Waals surface area contributed by atoms with Gasteiger partial charge in [0.2, 0.25) is 5.78 Å². The second-order valence-corrected chi connectivity index (χ2v) is 11.1. The lowest BCUT2D eigenvalue weighted by Gasteiger charge is -2.42. The minimum Gasteiger partial charge on any atom is -0.300 e. The van der Waals surface area contributed by atoms with Crippen molar-refractivity contribution in [2.75, 3.05) is 35.5 Å². The van der Waals surface area contributed by atoms with Crippen molar-refractivity contribution in [1.82, 2.24) is 4.90 Å². The Morgan fingerprint density at radius 2 is 1.09 bits per heavy atom. The first-order valence-electron chi connectivity index (χ1n) is 11.3. The average Bonchev–Trinajstić information content (AvgIpc) is 3.19. The number of anilines is 2. The Morgan fingerprint density at radius 1 is 0.656 bits per heavy atom. The van der Waals surface area contributed by atoms with Gasteiger partial charge in [-0.15, -0.1) is 0 Å². The normalized spacial score (nSPS) is 19.8. The van der Waals surface area contributed by atoms with Gasteiger partial charge in [0.05, 0.1) is 24.5 Å². The summed E-state index contributed by atoms with van der Waals surface area (Å²) in [7, 11) is -2.92. The highest BCUT2D eigenvalue weighted by Crippen LogP contribution is 2.75. The highest BCUT2D eigenvalue weighted by atomic mass is 31.2. The molecule has 0 aromatic heterocycles. The van der Waals surface area contributed by atoms with Crippen LogP contribution in [0.1, 0.15) is 24.2 Å². The molecule has 6 heteroatoms. The van der Waals surface area contributed by atoms with Gasteiger partial charge in [-0.1, -0.05) is 66.7 Å². The smallest absolute Gasteiger partial charge is 0.300 e. The van der Waals surface area contributed by atoms with Crippen molar-refractivity contribution < 1.29 is 9.69 Å². The van der Waals surface area contributed by atoms with E-state index in [1.807, 2.05) is 54.6 Å². The van der Waals surface area contributed by atoms with E-state index in [0.717, 1.165) is 30.0 Å². The molecule has 5 nitrogen and oxygen atoms in total. The number of hydrogen-bond donors (Lipinski definition) is 1. The monoisotopic (exact) mass is 446 g/mol. The number of carbonyl (C=O) groups excluding carboxylic acids is 1. The summed E-state index contributed by atoms with van der Waals surface area (Å²) in [5.41, 5.74) is 3.17. The molecule has 3 aromatic carbocycles. The average molecular weight is 447 g/mol. The Labute approximate surface area is 190 Å². The Hall–Kier alpha value is -2.72. The van der Waals surface area contributed by atoms with E-state index in [9.17, 15) is 9.69 Å². The summed E-state index contributed by atoms with van der Waals surface area (Å²) in [6.45, 7) is 2.84. The molecule has 164 valence electrons. The third kappa shape index (κ3) is 3.81. The molecule has 2 heterocycles. The summed E-state index contributed by atoms with van der Waals surface area (Å²) < 4.78 is 4.46. The molecule has 3 aromatic rings. The fourth-order valence-corrected chi connectivity index (χ4v) is 8.69. The molecule has 0 saturated carbocycles. The van der Waals surface area contributed by atoms with Crippen LogP contribution >= 0.6 is 7.79 Å². The van der Waals surface area contributed by atoms with Crippen molar-refractivity contribution in [3.05, 3.63) is 96.6 Å². The summed E-state index contributed by atoms with van der Waals surface area (Å²) in [6, 6.07) is 30.8. The van der Waals surface area contributed by atoms with Crippen LogP contribution in [-0.4, -0.2) is 41.8 Å². The van der Waals surface area contributed by atoms with Gasteiger partial charge in [-0.2, -0.15) is 0 Å². The van der Waals surface area contributed by atoms with Crippen LogP contribution in [0.3, 0.4) is 0 Å². The van der Waals surface area contributed by atoms with E-state index in [1.165, 1.54) is 0 Å². The van der Waals surface area contributed by atoms with Crippen LogP contribution in [0.5, 0.6) is 0 Å². The van der Waals surface area contributed by atoms with Gasteiger partial charge in [0.25, 0.3) is 0 Å². The fourth-order valence-electron chi connectivity index (χ4n) is 4.95. The van der Waals surface area contributed by atoms with Gasteiger partial charge in [0.1, 0.15) is 5.78 Å². The highest BCUT2D eigenvalue weighted by Gasteiger charge is 2.64. The minimum atomic E-state index is -2.92. The third-order valence-corrected chi connectivity index (χ3v) is 10.0. The summed E-state index contributed by atoms with van der Waals surface area (Å²) in [5, 5.41) is 0. The number of rotatable bonds is 5. The number of likely N-dealkylation sites (tertiary alicyclic amines) is 1. The van der Waals surface area contributed by atoms with Crippen molar-refractivity contribution in [2.24, 2.45) is 0 Å². The van der Waals surface area contributed by atoms with Crippen molar-refractivity contribution in [2.45, 2.75) is 18.6 Å². The third-order valence-electron chi connectivity index (χ3n) is 6.47. The lowest BCUT2D eigenvalue weighted by Crippen LogP contribution is -2.42. The van der Waals surface area contributed by atoms with Crippen molar-refractivity contribution in [1.29, 1.82) is 0 Å². The Kier molecular flexibility index (Phi) is 5.97. The molecule has 1 atom stereocenters. The second-order valence-electron chi connectivity index (χ2n) is 8.39. The summed E-state index contributed by atoms with van der Waals surface area (Å²) in [5.74, 6) is 0.101. The van der Waals surface area contributed by atoms with E-state index in [0.29, 0.717) is 31.7 Å². The zero-order chi connectivity index (χ0) is 22.0. The lowest BCUT2D eigenvalue weighted by atomic mass is 10.1. The first-order chi connectivity index (χ1) is 15.7. The predicted molar refractivity (Wildman–Crippen MR) is 132 cm³/mol. The number of nitrogens with zero attached hydrogens (tertiary/aromatic N) is 3. The fraction of sp³-hybridized carbons (Fsp3) is 0.269. The molecular formula is C26H29N3O2P+. The first-order valence-corrected chi connectivity index (χ1v) is 13.0. The molecule has 2 saturated heterocycles. The van der Waals surface area contributed by atoms with Crippen LogP contribution in [0.15, 0.2) is 91.0 Å². The maximum Gasteiger partial charge on any atom is 0.354 e. The number of hydrogen-bond acceptors (Lipinski definition) is 5. The summed E-state index contributed by atoms with van der Waals surface area (Å²) >= 11 is 0. The van der Waals surface area contributed by atoms with Crippen molar-refractivity contribution >= 4 is 24.9 Å². The molecule has 2 aliphatic rings. The Balaban J connectivity index is 1.66. The molecule has 0 spiro atoms. The quantitative estimate of drug-likeness (QED) is 0.551. The van der Waals surface area contributed by atoms with Gasteiger partial charge in [-0.05, 0) is 24.3 Å². The van der Waals surface area contributed by atoms with E-state index >= 15 is 0 Å². The zero-order valence-corrected chi connectivity index (χ0v) is 19.0. The maximum atomic E-state index is 12.9. The molecule has 32 heavy (non-hydrogen) atoms. The molecule has 2 aliphatic heterocycles. The number of carbonyl (C=O) groups is 1. The zero-order valence-electron chi connectivity index (χ0n) is 18.1. The number of Topliss-reactive ketones (excluding diaryl/α,β-unsaturated/α-hetero) is 1. The largest absolute Gasteiger partial charge is 0.354 e. The van der Waals surface area contributed by atoms with Crippen LogP contribution in [0, 0.1) is 0 Å².